The van der Waals surface area contributed by atoms with Crippen LogP contribution in [0.5, 0.6) is 0 Å². The van der Waals surface area contributed by atoms with Crippen LogP contribution in [0.3, 0.4) is 0 Å². The van der Waals surface area contributed by atoms with E-state index in [9.17, 15) is 8.42 Å². The maximum Gasteiger partial charge on any atom is 0.188 e. The molecule has 7 heteroatoms. The van der Waals surface area contributed by atoms with Gasteiger partial charge < -0.3 is 11.1 Å². The van der Waals surface area contributed by atoms with Crippen molar-refractivity contribution in [1.82, 2.24) is 5.32 Å². The summed E-state index contributed by atoms with van der Waals surface area (Å²) in [7, 11) is -3.14. The van der Waals surface area contributed by atoms with Crippen molar-refractivity contribution in [2.24, 2.45) is 16.6 Å². The van der Waals surface area contributed by atoms with E-state index in [4.69, 9.17) is 5.73 Å². The van der Waals surface area contributed by atoms with Crippen LogP contribution < -0.4 is 11.1 Å². The predicted octanol–water partition coefficient (Wildman–Crippen LogP) is 2.55. The standard InChI is InChI=1S/C14H31N3O2S.HI/c1-11(2)8-7-9-12(3)17-13(15)16-10-14(4,5)20(6,18)19;/h11-12H,7-10H2,1-6H3,(H3,15,16,17);1H. The largest absolute Gasteiger partial charge is 0.370 e. The third-order valence-electron chi connectivity index (χ3n) is 3.45. The van der Waals surface area contributed by atoms with Crippen molar-refractivity contribution in [3.8, 4) is 0 Å². The minimum atomic E-state index is -3.14. The van der Waals surface area contributed by atoms with E-state index in [2.05, 4.69) is 31.1 Å². The van der Waals surface area contributed by atoms with Gasteiger partial charge >= 0.3 is 0 Å². The first-order valence-corrected chi connectivity index (χ1v) is 9.11. The van der Waals surface area contributed by atoms with E-state index < -0.39 is 14.6 Å². The molecule has 0 aliphatic heterocycles. The highest BCUT2D eigenvalue weighted by molar-refractivity contribution is 14.0. The minimum Gasteiger partial charge on any atom is -0.370 e. The molecule has 3 N–H and O–H groups in total. The van der Waals surface area contributed by atoms with Gasteiger partial charge in [0.05, 0.1) is 11.3 Å². The number of guanidine groups is 1. The molecule has 0 radical (unpaired) electrons. The van der Waals surface area contributed by atoms with Crippen LogP contribution >= 0.6 is 24.0 Å². The van der Waals surface area contributed by atoms with Gasteiger partial charge in [-0.25, -0.2) is 8.42 Å². The van der Waals surface area contributed by atoms with Crippen molar-refractivity contribution in [3.63, 3.8) is 0 Å². The first-order chi connectivity index (χ1) is 8.95. The van der Waals surface area contributed by atoms with E-state index in [1.54, 1.807) is 13.8 Å². The van der Waals surface area contributed by atoms with Crippen LogP contribution in [0.2, 0.25) is 0 Å². The summed E-state index contributed by atoms with van der Waals surface area (Å²) in [6, 6.07) is 0.249. The Morgan fingerprint density at radius 1 is 1.24 bits per heavy atom. The highest BCUT2D eigenvalue weighted by Gasteiger charge is 2.29. The molecule has 128 valence electrons. The van der Waals surface area contributed by atoms with E-state index in [1.165, 1.54) is 12.7 Å². The molecule has 0 rings (SSSR count). The first kappa shape index (κ1) is 23.2. The van der Waals surface area contributed by atoms with E-state index in [1.807, 2.05) is 0 Å². The molecule has 1 unspecified atom stereocenters. The van der Waals surface area contributed by atoms with Gasteiger partial charge in [0.1, 0.15) is 0 Å². The lowest BCUT2D eigenvalue weighted by molar-refractivity contribution is 0.493. The molecule has 0 spiro atoms. The molecule has 0 aromatic heterocycles. The Balaban J connectivity index is 0. The van der Waals surface area contributed by atoms with Gasteiger partial charge in [-0.1, -0.05) is 26.7 Å². The Bertz CT molecular complexity index is 420. The normalized spacial score (nSPS) is 14.7. The second-order valence-corrected chi connectivity index (χ2v) is 9.25. The van der Waals surface area contributed by atoms with Gasteiger partial charge in [-0.05, 0) is 33.1 Å². The number of nitrogens with one attached hydrogen (secondary N) is 1. The molecule has 0 aromatic carbocycles. The number of nitrogens with zero attached hydrogens (tertiary/aromatic N) is 1. The van der Waals surface area contributed by atoms with Gasteiger partial charge in [-0.15, -0.1) is 24.0 Å². The topological polar surface area (TPSA) is 84.5 Å². The van der Waals surface area contributed by atoms with Crippen molar-refractivity contribution >= 4 is 39.8 Å². The lowest BCUT2D eigenvalue weighted by Crippen LogP contribution is -2.41. The van der Waals surface area contributed by atoms with Crippen LogP contribution in [0.15, 0.2) is 4.99 Å². The van der Waals surface area contributed by atoms with Crippen LogP contribution in [0.4, 0.5) is 0 Å². The second-order valence-electron chi connectivity index (χ2n) is 6.60. The summed E-state index contributed by atoms with van der Waals surface area (Å²) in [5, 5.41) is 3.11. The highest BCUT2D eigenvalue weighted by Crippen LogP contribution is 2.15. The minimum absolute atomic E-state index is 0. The zero-order valence-corrected chi connectivity index (χ0v) is 17.3. The molecule has 0 amide bonds. The number of aliphatic imine (C=N–C) groups is 1. The lowest BCUT2D eigenvalue weighted by Gasteiger charge is -2.21. The number of sulfone groups is 1. The number of rotatable bonds is 8. The molecule has 0 aliphatic carbocycles. The third kappa shape index (κ3) is 10.3. The molecular weight excluding hydrogens is 401 g/mol. The summed E-state index contributed by atoms with van der Waals surface area (Å²) in [5.74, 6) is 1.03. The van der Waals surface area contributed by atoms with Gasteiger partial charge in [0.2, 0.25) is 0 Å². The van der Waals surface area contributed by atoms with Crippen LogP contribution in [-0.4, -0.2) is 38.0 Å². The zero-order valence-electron chi connectivity index (χ0n) is 14.1. The van der Waals surface area contributed by atoms with E-state index in [0.717, 1.165) is 12.8 Å². The Labute approximate surface area is 147 Å². The van der Waals surface area contributed by atoms with Crippen LogP contribution in [-0.2, 0) is 9.84 Å². The lowest BCUT2D eigenvalue weighted by atomic mass is 10.0. The SMILES string of the molecule is CC(C)CCCC(C)NC(N)=NCC(C)(C)S(C)(=O)=O.I. The number of nitrogens with two attached hydrogens (primary N) is 1. The molecule has 0 saturated carbocycles. The van der Waals surface area contributed by atoms with Gasteiger partial charge in [0.15, 0.2) is 15.8 Å². The van der Waals surface area contributed by atoms with Crippen LogP contribution in [0, 0.1) is 5.92 Å². The summed E-state index contributed by atoms with van der Waals surface area (Å²) in [5.41, 5.74) is 5.80. The van der Waals surface area contributed by atoms with Gasteiger partial charge in [0.25, 0.3) is 0 Å². The Hall–Kier alpha value is -0.0500. The first-order valence-electron chi connectivity index (χ1n) is 7.21. The fraction of sp³-hybridized carbons (Fsp3) is 0.929. The quantitative estimate of drug-likeness (QED) is 0.350. The van der Waals surface area contributed by atoms with Crippen LogP contribution in [0.1, 0.15) is 53.9 Å². The monoisotopic (exact) mass is 433 g/mol. The summed E-state index contributed by atoms with van der Waals surface area (Å²) in [6.45, 7) is 9.96. The summed E-state index contributed by atoms with van der Waals surface area (Å²) in [4.78, 5) is 4.15. The van der Waals surface area contributed by atoms with Gasteiger partial charge in [-0.2, -0.15) is 0 Å². The molecule has 0 saturated heterocycles. The molecule has 0 fully saturated rings. The highest BCUT2D eigenvalue weighted by atomic mass is 127. The average molecular weight is 433 g/mol. The molecule has 21 heavy (non-hydrogen) atoms. The van der Waals surface area contributed by atoms with Crippen LogP contribution in [0.25, 0.3) is 0 Å². The summed E-state index contributed by atoms with van der Waals surface area (Å²) >= 11 is 0. The van der Waals surface area contributed by atoms with Gasteiger partial charge in [0, 0.05) is 12.3 Å². The number of hydrogen-bond donors (Lipinski definition) is 2. The fourth-order valence-corrected chi connectivity index (χ4v) is 1.89. The molecule has 0 aromatic rings. The summed E-state index contributed by atoms with van der Waals surface area (Å²) in [6.07, 6.45) is 4.60. The molecule has 0 aliphatic rings. The number of hydrogen-bond acceptors (Lipinski definition) is 3. The van der Waals surface area contributed by atoms with E-state index in [-0.39, 0.29) is 36.6 Å². The molecule has 1 atom stereocenters. The molecular formula is C14H32IN3O2S. The van der Waals surface area contributed by atoms with Crippen molar-refractivity contribution in [2.75, 3.05) is 12.8 Å². The van der Waals surface area contributed by atoms with E-state index >= 15 is 0 Å². The summed E-state index contributed by atoms with van der Waals surface area (Å²) < 4.78 is 22.2. The smallest absolute Gasteiger partial charge is 0.188 e. The number of halogens is 1. The zero-order chi connectivity index (χ0) is 16.0. The van der Waals surface area contributed by atoms with Gasteiger partial charge in [-0.3, -0.25) is 4.99 Å². The van der Waals surface area contributed by atoms with Crippen molar-refractivity contribution < 1.29 is 8.42 Å². The maximum atomic E-state index is 11.6. The van der Waals surface area contributed by atoms with E-state index in [0.29, 0.717) is 11.9 Å². The van der Waals surface area contributed by atoms with Crippen molar-refractivity contribution in [2.45, 2.75) is 64.7 Å². The molecule has 5 nitrogen and oxygen atoms in total. The molecule has 0 heterocycles. The third-order valence-corrected chi connectivity index (χ3v) is 5.58. The average Bonchev–Trinajstić information content (AvgIpc) is 2.24. The fourth-order valence-electron chi connectivity index (χ4n) is 1.60. The second kappa shape index (κ2) is 9.86. The van der Waals surface area contributed by atoms with Crippen molar-refractivity contribution in [1.29, 1.82) is 0 Å². The maximum absolute atomic E-state index is 11.6. The Kier molecular flexibility index (Phi) is 10.9. The predicted molar refractivity (Wildman–Crippen MR) is 102 cm³/mol. The molecule has 0 bridgehead atoms. The Morgan fingerprint density at radius 2 is 1.76 bits per heavy atom. The Morgan fingerprint density at radius 3 is 2.19 bits per heavy atom. The van der Waals surface area contributed by atoms with Crippen molar-refractivity contribution in [3.05, 3.63) is 0 Å².